The molecule has 7 heteroatoms. The quantitative estimate of drug-likeness (QED) is 0.831. The van der Waals surface area contributed by atoms with Gasteiger partial charge in [0.05, 0.1) is 0 Å². The Morgan fingerprint density at radius 3 is 2.20 bits per heavy atom. The minimum Gasteiger partial charge on any atom is -0.312 e. The second kappa shape index (κ2) is 6.92. The van der Waals surface area contributed by atoms with Crippen LogP contribution in [-0.2, 0) is 10.2 Å². The maximum Gasteiger partial charge on any atom is 0.282 e. The molecular formula is C13H26ClN3O2S. The van der Waals surface area contributed by atoms with Gasteiger partial charge in [-0.25, -0.2) is 0 Å². The van der Waals surface area contributed by atoms with Gasteiger partial charge in [0.25, 0.3) is 10.2 Å². The molecule has 4 fully saturated rings. The van der Waals surface area contributed by atoms with E-state index in [-0.39, 0.29) is 12.4 Å². The molecule has 2 atom stereocenters. The average molecular weight is 324 g/mol. The molecular weight excluding hydrogens is 298 g/mol. The first-order chi connectivity index (χ1) is 9.16. The molecule has 0 spiro atoms. The smallest absolute Gasteiger partial charge is 0.282 e. The van der Waals surface area contributed by atoms with E-state index in [0.29, 0.717) is 38.1 Å². The summed E-state index contributed by atoms with van der Waals surface area (Å²) < 4.78 is 29.1. The van der Waals surface area contributed by atoms with Gasteiger partial charge in [0.1, 0.15) is 0 Å². The van der Waals surface area contributed by atoms with Crippen molar-refractivity contribution in [3.63, 3.8) is 0 Å². The van der Waals surface area contributed by atoms with Crippen LogP contribution in [0.25, 0.3) is 0 Å². The van der Waals surface area contributed by atoms with E-state index >= 15 is 0 Å². The maximum atomic E-state index is 12.8. The van der Waals surface area contributed by atoms with Gasteiger partial charge in [0.15, 0.2) is 0 Å². The Bertz CT molecular complexity index is 388. The summed E-state index contributed by atoms with van der Waals surface area (Å²) in [6.45, 7) is 3.78. The van der Waals surface area contributed by atoms with Crippen LogP contribution >= 0.6 is 12.4 Å². The summed E-state index contributed by atoms with van der Waals surface area (Å²) in [7, 11) is -3.23. The van der Waals surface area contributed by atoms with Crippen molar-refractivity contribution in [2.75, 3.05) is 32.7 Å². The largest absolute Gasteiger partial charge is 0.312 e. The molecule has 0 aromatic carbocycles. The number of piperidine rings is 1. The Morgan fingerprint density at radius 2 is 1.60 bits per heavy atom. The number of fused-ring (bicyclic) bond motifs is 4. The Kier molecular flexibility index (Phi) is 5.71. The summed E-state index contributed by atoms with van der Waals surface area (Å²) >= 11 is 0. The summed E-state index contributed by atoms with van der Waals surface area (Å²) in [5.41, 5.74) is 0. The van der Waals surface area contributed by atoms with E-state index in [1.807, 2.05) is 0 Å². The zero-order valence-corrected chi connectivity index (χ0v) is 13.6. The fraction of sp³-hybridized carbons (Fsp3) is 1.00. The first kappa shape index (κ1) is 16.5. The Hall–Kier alpha value is 0.120. The highest BCUT2D eigenvalue weighted by Gasteiger charge is 2.37. The van der Waals surface area contributed by atoms with E-state index in [2.05, 4.69) is 5.32 Å². The summed E-state index contributed by atoms with van der Waals surface area (Å²) in [5.74, 6) is 0.500. The normalized spacial score (nSPS) is 33.2. The molecule has 0 unspecified atom stereocenters. The molecule has 4 heterocycles. The second-order valence-corrected chi connectivity index (χ2v) is 8.12. The van der Waals surface area contributed by atoms with Gasteiger partial charge in [0, 0.05) is 32.2 Å². The van der Waals surface area contributed by atoms with Crippen molar-refractivity contribution in [2.45, 2.75) is 44.6 Å². The summed E-state index contributed by atoms with van der Waals surface area (Å²) in [5, 5.41) is 3.47. The minimum atomic E-state index is -3.23. The molecule has 20 heavy (non-hydrogen) atoms. The van der Waals surface area contributed by atoms with Gasteiger partial charge in [-0.05, 0) is 38.1 Å². The number of halogens is 1. The first-order valence-electron chi connectivity index (χ1n) is 7.65. The van der Waals surface area contributed by atoms with Crippen LogP contribution in [0.1, 0.15) is 38.5 Å². The van der Waals surface area contributed by atoms with Crippen LogP contribution in [-0.4, -0.2) is 55.8 Å². The highest BCUT2D eigenvalue weighted by molar-refractivity contribution is 7.86. The number of nitrogens with zero attached hydrogens (tertiary/aromatic N) is 2. The van der Waals surface area contributed by atoms with Crippen molar-refractivity contribution in [2.24, 2.45) is 5.92 Å². The highest BCUT2D eigenvalue weighted by atomic mass is 35.5. The van der Waals surface area contributed by atoms with Crippen LogP contribution in [0.3, 0.4) is 0 Å². The van der Waals surface area contributed by atoms with Crippen molar-refractivity contribution in [3.05, 3.63) is 0 Å². The fourth-order valence-corrected chi connectivity index (χ4v) is 5.33. The van der Waals surface area contributed by atoms with Gasteiger partial charge in [0.2, 0.25) is 0 Å². The van der Waals surface area contributed by atoms with Crippen molar-refractivity contribution in [3.8, 4) is 0 Å². The molecule has 1 N–H and O–H groups in total. The zero-order chi connectivity index (χ0) is 13.3. The minimum absolute atomic E-state index is 0. The van der Waals surface area contributed by atoms with E-state index in [1.165, 1.54) is 19.3 Å². The van der Waals surface area contributed by atoms with E-state index in [4.69, 9.17) is 0 Å². The second-order valence-electron chi connectivity index (χ2n) is 6.19. The third-order valence-electron chi connectivity index (χ3n) is 4.72. The number of hydrogen-bond donors (Lipinski definition) is 1. The van der Waals surface area contributed by atoms with Gasteiger partial charge in [-0.3, -0.25) is 0 Å². The summed E-state index contributed by atoms with van der Waals surface area (Å²) in [6, 6.07) is 0.362. The molecule has 0 aromatic rings. The molecule has 2 bridgehead atoms. The van der Waals surface area contributed by atoms with Gasteiger partial charge in [-0.15, -0.1) is 12.4 Å². The van der Waals surface area contributed by atoms with Crippen LogP contribution in [0, 0.1) is 5.92 Å². The molecule has 4 aliphatic rings. The van der Waals surface area contributed by atoms with Crippen LogP contribution in [0.4, 0.5) is 0 Å². The molecule has 118 valence electrons. The Balaban J connectivity index is 0.00000147. The number of rotatable bonds is 2. The van der Waals surface area contributed by atoms with Crippen molar-refractivity contribution >= 4 is 22.6 Å². The molecule has 0 aromatic heterocycles. The van der Waals surface area contributed by atoms with Gasteiger partial charge in [-0.1, -0.05) is 12.8 Å². The van der Waals surface area contributed by atoms with Gasteiger partial charge < -0.3 is 5.32 Å². The van der Waals surface area contributed by atoms with E-state index in [1.54, 1.807) is 8.61 Å². The zero-order valence-electron chi connectivity index (χ0n) is 12.0. The summed E-state index contributed by atoms with van der Waals surface area (Å²) in [6.07, 6.45) is 6.65. The Labute approximate surface area is 128 Å². The predicted molar refractivity (Wildman–Crippen MR) is 82.3 cm³/mol. The lowest BCUT2D eigenvalue weighted by Crippen LogP contribution is -2.47. The molecule has 0 saturated carbocycles. The van der Waals surface area contributed by atoms with Gasteiger partial charge >= 0.3 is 0 Å². The van der Waals surface area contributed by atoms with Crippen molar-refractivity contribution in [1.29, 1.82) is 0 Å². The number of hydrogen-bond acceptors (Lipinski definition) is 3. The molecule has 0 aliphatic carbocycles. The molecule has 4 saturated heterocycles. The van der Waals surface area contributed by atoms with E-state index in [0.717, 1.165) is 25.8 Å². The van der Waals surface area contributed by atoms with E-state index < -0.39 is 10.2 Å². The van der Waals surface area contributed by atoms with Crippen molar-refractivity contribution in [1.82, 2.24) is 13.9 Å². The molecule has 0 radical (unpaired) electrons. The Morgan fingerprint density at radius 1 is 0.900 bits per heavy atom. The number of nitrogens with one attached hydrogen (secondary N) is 1. The predicted octanol–water partition coefficient (Wildman–Crippen LogP) is 1.21. The fourth-order valence-electron chi connectivity index (χ4n) is 3.52. The average Bonchev–Trinajstić information content (AvgIpc) is 2.87. The summed E-state index contributed by atoms with van der Waals surface area (Å²) in [4.78, 5) is 0. The molecule has 0 amide bonds. The lowest BCUT2D eigenvalue weighted by Gasteiger charge is -2.29. The standard InChI is InChI=1S/C13H25N3O2S.ClH/c17-19(18,15-7-3-1-2-4-8-15)16-10-12-5-6-13(11-16)14-9-12;/h12-14H,1-11H2;1H/t12-,13-;/m0./s1. The highest BCUT2D eigenvalue weighted by Crippen LogP contribution is 2.25. The third-order valence-corrected chi connectivity index (χ3v) is 6.69. The maximum absolute atomic E-state index is 12.8. The monoisotopic (exact) mass is 323 g/mol. The lowest BCUT2D eigenvalue weighted by molar-refractivity contribution is 0.331. The van der Waals surface area contributed by atoms with Crippen LogP contribution < -0.4 is 5.32 Å². The third kappa shape index (κ3) is 3.47. The topological polar surface area (TPSA) is 52.7 Å². The molecule has 4 rings (SSSR count). The molecule has 4 aliphatic heterocycles. The van der Waals surface area contributed by atoms with Crippen LogP contribution in [0.5, 0.6) is 0 Å². The van der Waals surface area contributed by atoms with Crippen LogP contribution in [0.2, 0.25) is 0 Å². The van der Waals surface area contributed by atoms with Gasteiger partial charge in [-0.2, -0.15) is 17.0 Å². The SMILES string of the molecule is Cl.O=S(=O)(N1CCCCCC1)N1C[C@H]2CC[C@@H](C1)NC2. The van der Waals surface area contributed by atoms with Crippen LogP contribution in [0.15, 0.2) is 0 Å². The lowest BCUT2D eigenvalue weighted by atomic mass is 9.97. The molecule has 5 nitrogen and oxygen atoms in total. The first-order valence-corrected chi connectivity index (χ1v) is 9.04. The van der Waals surface area contributed by atoms with Crippen molar-refractivity contribution < 1.29 is 8.42 Å². The van der Waals surface area contributed by atoms with E-state index in [9.17, 15) is 8.42 Å².